The Hall–Kier alpha value is -0.830. The number of hydrogen-bond donors (Lipinski definition) is 1. The van der Waals surface area contributed by atoms with Gasteiger partial charge in [-0.2, -0.15) is 5.10 Å². The lowest BCUT2D eigenvalue weighted by Crippen LogP contribution is -2.38. The maximum atomic E-state index is 4.22. The number of aromatic nitrogens is 2. The van der Waals surface area contributed by atoms with Crippen molar-refractivity contribution in [3.63, 3.8) is 0 Å². The summed E-state index contributed by atoms with van der Waals surface area (Å²) in [4.78, 5) is 0. The maximum Gasteiger partial charge on any atom is 0.0489 e. The van der Waals surface area contributed by atoms with Gasteiger partial charge in [-0.1, -0.05) is 19.3 Å². The van der Waals surface area contributed by atoms with E-state index in [1.165, 1.54) is 32.1 Å². The molecule has 90 valence electrons. The quantitative estimate of drug-likeness (QED) is 0.828. The van der Waals surface area contributed by atoms with E-state index in [1.54, 1.807) is 0 Å². The van der Waals surface area contributed by atoms with Crippen LogP contribution in [-0.4, -0.2) is 21.9 Å². The van der Waals surface area contributed by atoms with Gasteiger partial charge >= 0.3 is 0 Å². The minimum absolute atomic E-state index is 0.604. The molecule has 3 heteroatoms. The highest BCUT2D eigenvalue weighted by molar-refractivity contribution is 4.79. The molecule has 0 spiro atoms. The summed E-state index contributed by atoms with van der Waals surface area (Å²) in [6.07, 6.45) is 12.0. The third kappa shape index (κ3) is 3.63. The molecule has 3 nitrogen and oxygen atoms in total. The average molecular weight is 221 g/mol. The summed E-state index contributed by atoms with van der Waals surface area (Å²) in [5, 5.41) is 7.96. The topological polar surface area (TPSA) is 29.9 Å². The summed E-state index contributed by atoms with van der Waals surface area (Å²) in [6, 6.07) is 3.35. The summed E-state index contributed by atoms with van der Waals surface area (Å²) >= 11 is 0. The Morgan fingerprint density at radius 3 is 2.88 bits per heavy atom. The predicted molar refractivity (Wildman–Crippen MR) is 66.3 cm³/mol. The van der Waals surface area contributed by atoms with E-state index < -0.39 is 0 Å². The van der Waals surface area contributed by atoms with Crippen LogP contribution in [0.2, 0.25) is 0 Å². The van der Waals surface area contributed by atoms with Crippen LogP contribution in [0.15, 0.2) is 18.5 Å². The lowest BCUT2D eigenvalue weighted by atomic mass is 9.95. The summed E-state index contributed by atoms with van der Waals surface area (Å²) in [7, 11) is 0. The molecule has 1 fully saturated rings. The largest absolute Gasteiger partial charge is 0.311 e. The van der Waals surface area contributed by atoms with Crippen molar-refractivity contribution in [3.8, 4) is 0 Å². The fourth-order valence-corrected chi connectivity index (χ4v) is 2.51. The van der Waals surface area contributed by atoms with Crippen molar-refractivity contribution >= 4 is 0 Å². The van der Waals surface area contributed by atoms with Gasteiger partial charge in [-0.25, -0.2) is 0 Å². The second-order valence-corrected chi connectivity index (χ2v) is 4.96. The number of nitrogens with zero attached hydrogens (tertiary/aromatic N) is 2. The highest BCUT2D eigenvalue weighted by Crippen LogP contribution is 2.18. The minimum Gasteiger partial charge on any atom is -0.311 e. The van der Waals surface area contributed by atoms with Crippen molar-refractivity contribution in [1.82, 2.24) is 15.1 Å². The van der Waals surface area contributed by atoms with Crippen molar-refractivity contribution < 1.29 is 0 Å². The molecule has 1 saturated carbocycles. The first-order chi connectivity index (χ1) is 7.84. The van der Waals surface area contributed by atoms with Crippen molar-refractivity contribution in [2.24, 2.45) is 0 Å². The van der Waals surface area contributed by atoms with E-state index in [0.717, 1.165) is 19.0 Å². The Kier molecular flexibility index (Phi) is 4.40. The average Bonchev–Trinajstić information content (AvgIpc) is 2.81. The van der Waals surface area contributed by atoms with Gasteiger partial charge in [0.2, 0.25) is 0 Å². The van der Waals surface area contributed by atoms with Crippen LogP contribution in [0.4, 0.5) is 0 Å². The van der Waals surface area contributed by atoms with E-state index in [-0.39, 0.29) is 0 Å². The van der Waals surface area contributed by atoms with E-state index in [9.17, 15) is 0 Å². The second-order valence-electron chi connectivity index (χ2n) is 4.96. The van der Waals surface area contributed by atoms with Gasteiger partial charge in [0.05, 0.1) is 0 Å². The lowest BCUT2D eigenvalue weighted by Gasteiger charge is -2.26. The van der Waals surface area contributed by atoms with Crippen molar-refractivity contribution in [1.29, 1.82) is 0 Å². The van der Waals surface area contributed by atoms with Gasteiger partial charge in [0.25, 0.3) is 0 Å². The molecule has 0 unspecified atom stereocenters. The molecule has 0 bridgehead atoms. The smallest absolute Gasteiger partial charge is 0.0489 e. The highest BCUT2D eigenvalue weighted by atomic mass is 15.3. The molecule has 1 aromatic heterocycles. The molecule has 1 aliphatic rings. The maximum absolute atomic E-state index is 4.22. The SMILES string of the molecule is C[C@H](CCn1cccn1)NC1CCCCC1. The van der Waals surface area contributed by atoms with Gasteiger partial charge in [-0.15, -0.1) is 0 Å². The van der Waals surface area contributed by atoms with Gasteiger partial charge < -0.3 is 5.32 Å². The lowest BCUT2D eigenvalue weighted by molar-refractivity contribution is 0.328. The molecule has 0 aliphatic heterocycles. The van der Waals surface area contributed by atoms with Crippen LogP contribution in [0, 0.1) is 0 Å². The molecule has 0 saturated heterocycles. The summed E-state index contributed by atoms with van der Waals surface area (Å²) in [6.45, 7) is 3.31. The van der Waals surface area contributed by atoms with Gasteiger partial charge in [-0.05, 0) is 32.3 Å². The molecule has 1 N–H and O–H groups in total. The van der Waals surface area contributed by atoms with Crippen LogP contribution >= 0.6 is 0 Å². The Bertz CT molecular complexity index is 275. The molecule has 1 aromatic rings. The molecule has 16 heavy (non-hydrogen) atoms. The zero-order valence-electron chi connectivity index (χ0n) is 10.2. The van der Waals surface area contributed by atoms with Crippen LogP contribution in [-0.2, 0) is 6.54 Å². The number of rotatable bonds is 5. The molecular weight excluding hydrogens is 198 g/mol. The molecule has 2 rings (SSSR count). The first kappa shape index (κ1) is 11.6. The van der Waals surface area contributed by atoms with Crippen molar-refractivity contribution in [2.75, 3.05) is 0 Å². The predicted octanol–water partition coefficient (Wildman–Crippen LogP) is 2.58. The van der Waals surface area contributed by atoms with Gasteiger partial charge in [0, 0.05) is 31.0 Å². The van der Waals surface area contributed by atoms with E-state index in [0.29, 0.717) is 6.04 Å². The molecule has 0 radical (unpaired) electrons. The van der Waals surface area contributed by atoms with Crippen LogP contribution < -0.4 is 5.32 Å². The summed E-state index contributed by atoms with van der Waals surface area (Å²) < 4.78 is 2.01. The standard InChI is InChI=1S/C13H23N3/c1-12(8-11-16-10-5-9-14-16)15-13-6-3-2-4-7-13/h5,9-10,12-13,15H,2-4,6-8,11H2,1H3/t12-/m1/s1. The molecule has 1 aliphatic carbocycles. The normalized spacial score (nSPS) is 19.8. The second kappa shape index (κ2) is 6.04. The third-order valence-corrected chi connectivity index (χ3v) is 3.48. The third-order valence-electron chi connectivity index (χ3n) is 3.48. The number of hydrogen-bond acceptors (Lipinski definition) is 2. The van der Waals surface area contributed by atoms with Gasteiger partial charge in [0.1, 0.15) is 0 Å². The molecule has 0 amide bonds. The Morgan fingerprint density at radius 1 is 1.38 bits per heavy atom. The summed E-state index contributed by atoms with van der Waals surface area (Å²) in [5.41, 5.74) is 0. The molecule has 1 heterocycles. The van der Waals surface area contributed by atoms with Crippen LogP contribution in [0.5, 0.6) is 0 Å². The minimum atomic E-state index is 0.604. The van der Waals surface area contributed by atoms with Crippen LogP contribution in [0.25, 0.3) is 0 Å². The van der Waals surface area contributed by atoms with E-state index in [2.05, 4.69) is 17.3 Å². The zero-order valence-corrected chi connectivity index (χ0v) is 10.2. The Balaban J connectivity index is 1.65. The van der Waals surface area contributed by atoms with Gasteiger partial charge in [-0.3, -0.25) is 4.68 Å². The summed E-state index contributed by atoms with van der Waals surface area (Å²) in [5.74, 6) is 0. The zero-order chi connectivity index (χ0) is 11.2. The number of nitrogens with one attached hydrogen (secondary N) is 1. The fourth-order valence-electron chi connectivity index (χ4n) is 2.51. The monoisotopic (exact) mass is 221 g/mol. The van der Waals surface area contributed by atoms with Crippen molar-refractivity contribution in [3.05, 3.63) is 18.5 Å². The van der Waals surface area contributed by atoms with Crippen LogP contribution in [0.1, 0.15) is 45.4 Å². The number of aryl methyl sites for hydroxylation is 1. The van der Waals surface area contributed by atoms with Crippen LogP contribution in [0.3, 0.4) is 0 Å². The molecular formula is C13H23N3. The fraction of sp³-hybridized carbons (Fsp3) is 0.769. The first-order valence-electron chi connectivity index (χ1n) is 6.58. The van der Waals surface area contributed by atoms with Gasteiger partial charge in [0.15, 0.2) is 0 Å². The van der Waals surface area contributed by atoms with E-state index >= 15 is 0 Å². The van der Waals surface area contributed by atoms with E-state index in [4.69, 9.17) is 0 Å². The first-order valence-corrected chi connectivity index (χ1v) is 6.58. The Labute approximate surface area is 98.2 Å². The molecule has 1 atom stereocenters. The Morgan fingerprint density at radius 2 is 2.19 bits per heavy atom. The van der Waals surface area contributed by atoms with E-state index in [1.807, 2.05) is 23.1 Å². The molecule has 0 aromatic carbocycles. The highest BCUT2D eigenvalue weighted by Gasteiger charge is 2.15. The van der Waals surface area contributed by atoms with Crippen molar-refractivity contribution in [2.45, 2.75) is 64.1 Å².